The van der Waals surface area contributed by atoms with E-state index in [-0.39, 0.29) is 48.6 Å². The van der Waals surface area contributed by atoms with E-state index in [9.17, 15) is 24.6 Å². The van der Waals surface area contributed by atoms with Gasteiger partial charge in [-0.05, 0) is 37.5 Å². The van der Waals surface area contributed by atoms with Crippen LogP contribution in [0.5, 0.6) is 0 Å². The molecule has 1 saturated heterocycles. The molecule has 26 heavy (non-hydrogen) atoms. The molecule has 3 aliphatic carbocycles. The molecule has 144 valence electrons. The Bertz CT molecular complexity index is 675. The number of ether oxygens (including phenoxy) is 1. The number of carboxylic acids is 1. The lowest BCUT2D eigenvalue weighted by Gasteiger charge is -2.53. The Morgan fingerprint density at radius 1 is 1.31 bits per heavy atom. The highest BCUT2D eigenvalue weighted by Crippen LogP contribution is 2.72. The van der Waals surface area contributed by atoms with Crippen molar-refractivity contribution in [2.45, 2.75) is 69.2 Å². The fourth-order valence-electron chi connectivity index (χ4n) is 6.69. The second-order valence-corrected chi connectivity index (χ2v) is 8.78. The zero-order valence-electron chi connectivity index (χ0n) is 14.9. The molecular weight excluding hydrogens is 340 g/mol. The summed E-state index contributed by atoms with van der Waals surface area (Å²) in [4.78, 5) is 36.0. The minimum absolute atomic E-state index is 0.0300. The van der Waals surface area contributed by atoms with Gasteiger partial charge >= 0.3 is 5.97 Å². The van der Waals surface area contributed by atoms with E-state index in [1.54, 1.807) is 6.92 Å². The van der Waals surface area contributed by atoms with E-state index in [2.05, 4.69) is 0 Å². The molecule has 7 unspecified atom stereocenters. The fraction of sp³-hybridized carbons (Fsp3) is 0.842. The number of hydrogen-bond donors (Lipinski definition) is 3. The van der Waals surface area contributed by atoms with Gasteiger partial charge in [-0.3, -0.25) is 14.4 Å². The molecule has 0 aromatic rings. The molecule has 0 aromatic carbocycles. The molecule has 0 aromatic heterocycles. The molecule has 1 aliphatic heterocycles. The molecule has 0 amide bonds. The third-order valence-electron chi connectivity index (χ3n) is 7.84. The van der Waals surface area contributed by atoms with Crippen LogP contribution in [0.3, 0.4) is 0 Å². The Hall–Kier alpha value is -1.31. The number of epoxide rings is 1. The van der Waals surface area contributed by atoms with E-state index in [0.29, 0.717) is 19.3 Å². The van der Waals surface area contributed by atoms with Crippen molar-refractivity contribution in [1.29, 1.82) is 0 Å². The second-order valence-electron chi connectivity index (χ2n) is 8.78. The van der Waals surface area contributed by atoms with E-state index < -0.39 is 35.3 Å². The van der Waals surface area contributed by atoms with Gasteiger partial charge in [0.1, 0.15) is 18.0 Å². The van der Waals surface area contributed by atoms with Crippen LogP contribution < -0.4 is 0 Å². The normalized spacial score (nSPS) is 49.1. The number of carboxylic acid groups (broad SMARTS) is 1. The summed E-state index contributed by atoms with van der Waals surface area (Å²) in [6.45, 7) is 1.23. The van der Waals surface area contributed by atoms with E-state index in [4.69, 9.17) is 9.84 Å². The highest BCUT2D eigenvalue weighted by molar-refractivity contribution is 5.93. The largest absolute Gasteiger partial charge is 0.481 e. The Balaban J connectivity index is 1.66. The number of fused-ring (bicyclic) bond motifs is 2. The van der Waals surface area contributed by atoms with Crippen molar-refractivity contribution in [3.05, 3.63) is 0 Å². The maximum atomic E-state index is 12.7. The van der Waals surface area contributed by atoms with Crippen LogP contribution in [0.15, 0.2) is 0 Å². The minimum atomic E-state index is -0.961. The molecular formula is C19H26O7. The van der Waals surface area contributed by atoms with Crippen LogP contribution in [0.1, 0.15) is 51.9 Å². The van der Waals surface area contributed by atoms with Gasteiger partial charge < -0.3 is 20.1 Å². The van der Waals surface area contributed by atoms with Crippen molar-refractivity contribution in [3.8, 4) is 0 Å². The van der Waals surface area contributed by atoms with Crippen molar-refractivity contribution in [3.63, 3.8) is 0 Å². The average molecular weight is 366 g/mol. The first-order valence-corrected chi connectivity index (χ1v) is 9.49. The van der Waals surface area contributed by atoms with Crippen molar-refractivity contribution in [1.82, 2.24) is 0 Å². The number of hydrogen-bond acceptors (Lipinski definition) is 6. The molecule has 3 saturated carbocycles. The van der Waals surface area contributed by atoms with E-state index in [1.807, 2.05) is 0 Å². The molecule has 7 nitrogen and oxygen atoms in total. The standard InChI is InChI=1S/C19H26O7/c1-17(6-5-15(24)25)13(22)3-2-10-11-4-7-18(14(23)9-20)19(11,26-18)8-12(21)16(10)17/h10-12,16,20-21H,2-9H2,1H3,(H,24,25). The third kappa shape index (κ3) is 2.08. The number of ketones is 2. The van der Waals surface area contributed by atoms with E-state index >= 15 is 0 Å². The van der Waals surface area contributed by atoms with Crippen molar-refractivity contribution in [2.24, 2.45) is 23.2 Å². The van der Waals surface area contributed by atoms with Crippen LogP contribution >= 0.6 is 0 Å². The summed E-state index contributed by atoms with van der Waals surface area (Å²) < 4.78 is 5.95. The first-order chi connectivity index (χ1) is 12.2. The van der Waals surface area contributed by atoms with Crippen LogP contribution in [0.25, 0.3) is 0 Å². The van der Waals surface area contributed by atoms with E-state index in [1.165, 1.54) is 0 Å². The average Bonchev–Trinajstić information content (AvgIpc) is 3.12. The predicted molar refractivity (Wildman–Crippen MR) is 88.2 cm³/mol. The van der Waals surface area contributed by atoms with Crippen LogP contribution in [0.4, 0.5) is 0 Å². The lowest BCUT2D eigenvalue weighted by molar-refractivity contribution is -0.159. The van der Waals surface area contributed by atoms with Crippen LogP contribution in [0.2, 0.25) is 0 Å². The SMILES string of the molecule is CC1(CCC(=O)O)C(=O)CCC2C1C(O)CC13OC1(C(=O)CO)CCC23. The van der Waals surface area contributed by atoms with Crippen LogP contribution in [-0.2, 0) is 19.1 Å². The minimum Gasteiger partial charge on any atom is -0.481 e. The lowest BCUT2D eigenvalue weighted by atomic mass is 9.50. The van der Waals surface area contributed by atoms with Gasteiger partial charge in [-0.25, -0.2) is 0 Å². The van der Waals surface area contributed by atoms with Gasteiger partial charge in [-0.2, -0.15) is 0 Å². The first-order valence-electron chi connectivity index (χ1n) is 9.49. The Morgan fingerprint density at radius 3 is 2.69 bits per heavy atom. The Labute approximate surface area is 151 Å². The summed E-state index contributed by atoms with van der Waals surface area (Å²) in [6.07, 6.45) is 1.93. The summed E-state index contributed by atoms with van der Waals surface area (Å²) in [5, 5.41) is 29.4. The third-order valence-corrected chi connectivity index (χ3v) is 7.84. The molecule has 4 aliphatic rings. The maximum absolute atomic E-state index is 12.7. The van der Waals surface area contributed by atoms with Gasteiger partial charge in [0.2, 0.25) is 0 Å². The zero-order valence-corrected chi connectivity index (χ0v) is 14.9. The van der Waals surface area contributed by atoms with Crippen LogP contribution in [-0.4, -0.2) is 56.8 Å². The van der Waals surface area contributed by atoms with E-state index in [0.717, 1.165) is 6.42 Å². The van der Waals surface area contributed by atoms with Gasteiger partial charge in [-0.15, -0.1) is 0 Å². The quantitative estimate of drug-likeness (QED) is 0.612. The van der Waals surface area contributed by atoms with Gasteiger partial charge in [0, 0.05) is 30.6 Å². The highest BCUT2D eigenvalue weighted by Gasteiger charge is 2.83. The van der Waals surface area contributed by atoms with Crippen molar-refractivity contribution >= 4 is 17.5 Å². The molecule has 7 heteroatoms. The Morgan fingerprint density at radius 2 is 2.04 bits per heavy atom. The van der Waals surface area contributed by atoms with Gasteiger partial charge in [-0.1, -0.05) is 6.92 Å². The maximum Gasteiger partial charge on any atom is 0.303 e. The smallest absolute Gasteiger partial charge is 0.303 e. The number of aliphatic carboxylic acids is 1. The molecule has 4 rings (SSSR count). The van der Waals surface area contributed by atoms with Gasteiger partial charge in [0.15, 0.2) is 11.4 Å². The second kappa shape index (κ2) is 5.59. The molecule has 0 bridgehead atoms. The van der Waals surface area contributed by atoms with Crippen LogP contribution in [0, 0.1) is 23.2 Å². The molecule has 1 heterocycles. The fourth-order valence-corrected chi connectivity index (χ4v) is 6.69. The number of carbonyl (C=O) groups is 3. The number of aliphatic hydroxyl groups excluding tert-OH is 2. The highest BCUT2D eigenvalue weighted by atomic mass is 16.6. The number of aliphatic hydroxyl groups is 2. The topological polar surface area (TPSA) is 124 Å². The summed E-state index contributed by atoms with van der Waals surface area (Å²) in [5.41, 5.74) is -2.53. The molecule has 3 N–H and O–H groups in total. The van der Waals surface area contributed by atoms with Gasteiger partial charge in [0.05, 0.1) is 6.10 Å². The van der Waals surface area contributed by atoms with Crippen molar-refractivity contribution in [2.75, 3.05) is 6.61 Å². The van der Waals surface area contributed by atoms with Gasteiger partial charge in [0.25, 0.3) is 0 Å². The monoisotopic (exact) mass is 366 g/mol. The number of rotatable bonds is 5. The number of carbonyl (C=O) groups excluding carboxylic acids is 2. The lowest BCUT2D eigenvalue weighted by Crippen LogP contribution is -2.58. The molecule has 1 spiro atoms. The molecule has 0 radical (unpaired) electrons. The zero-order chi connectivity index (χ0) is 18.9. The Kier molecular flexibility index (Phi) is 3.89. The summed E-state index contributed by atoms with van der Waals surface area (Å²) in [7, 11) is 0. The first kappa shape index (κ1) is 18.1. The summed E-state index contributed by atoms with van der Waals surface area (Å²) in [6, 6.07) is 0. The summed E-state index contributed by atoms with van der Waals surface area (Å²) >= 11 is 0. The summed E-state index contributed by atoms with van der Waals surface area (Å²) in [5.74, 6) is -1.42. The van der Waals surface area contributed by atoms with Crippen molar-refractivity contribution < 1.29 is 34.4 Å². The predicted octanol–water partition coefficient (Wildman–Crippen LogP) is 0.697. The number of Topliss-reactive ketones (excluding diaryl/α,β-unsaturated/α-hetero) is 2. The molecule has 7 atom stereocenters. The molecule has 4 fully saturated rings.